The van der Waals surface area contributed by atoms with E-state index in [1.165, 1.54) is 11.6 Å². The molecule has 13 heteroatoms. The molecule has 1 aromatic carbocycles. The molecule has 0 unspecified atom stereocenters. The standard InChI is InChI=1S/C24H27ClN6O6/c1-24(2,3)37-21(33)26-10-9-17-27-19-18(28(17)4)20(32)30(22(34)29(19)5)12-13-11-14-15(25)7-6-8-16(14)31(13)23(35)36/h6-8,11H,9-10,12H2,1-5H3,(H,26,33)(H,35,36). The van der Waals surface area contributed by atoms with Gasteiger partial charge in [-0.3, -0.25) is 13.9 Å². The SMILES string of the molecule is Cn1c(CCNC(=O)OC(C)(C)C)nc2c1c(=O)n(Cc1cc3c(Cl)cccc3n1C(=O)O)c(=O)n2C. The van der Waals surface area contributed by atoms with Crippen molar-refractivity contribution in [3.05, 3.63) is 61.6 Å². The van der Waals surface area contributed by atoms with E-state index in [1.807, 2.05) is 0 Å². The Bertz CT molecular complexity index is 1670. The summed E-state index contributed by atoms with van der Waals surface area (Å²) in [6.07, 6.45) is -1.56. The lowest BCUT2D eigenvalue weighted by Gasteiger charge is -2.19. The lowest BCUT2D eigenvalue weighted by atomic mass is 10.2. The van der Waals surface area contributed by atoms with Crippen molar-refractivity contribution in [2.24, 2.45) is 14.1 Å². The summed E-state index contributed by atoms with van der Waals surface area (Å²) in [7, 11) is 3.13. The number of benzene rings is 1. The van der Waals surface area contributed by atoms with Gasteiger partial charge in [0.15, 0.2) is 11.2 Å². The summed E-state index contributed by atoms with van der Waals surface area (Å²) >= 11 is 6.25. The second-order valence-corrected chi connectivity index (χ2v) is 10.0. The molecule has 0 saturated heterocycles. The fourth-order valence-electron chi connectivity index (χ4n) is 4.20. The normalized spacial score (nSPS) is 11.8. The summed E-state index contributed by atoms with van der Waals surface area (Å²) in [5, 5.41) is 13.3. The van der Waals surface area contributed by atoms with Gasteiger partial charge in [-0.2, -0.15) is 0 Å². The number of amides is 1. The number of carboxylic acid groups (broad SMARTS) is 1. The van der Waals surface area contributed by atoms with Crippen molar-refractivity contribution in [3.63, 3.8) is 0 Å². The summed E-state index contributed by atoms with van der Waals surface area (Å²) in [6, 6.07) is 6.41. The molecule has 37 heavy (non-hydrogen) atoms. The highest BCUT2D eigenvalue weighted by Crippen LogP contribution is 2.27. The lowest BCUT2D eigenvalue weighted by molar-refractivity contribution is 0.0528. The van der Waals surface area contributed by atoms with Crippen molar-refractivity contribution in [3.8, 4) is 0 Å². The van der Waals surface area contributed by atoms with E-state index in [1.54, 1.807) is 56.7 Å². The number of fused-ring (bicyclic) bond motifs is 2. The summed E-state index contributed by atoms with van der Waals surface area (Å²) in [4.78, 5) is 55.0. The molecule has 3 heterocycles. The predicted molar refractivity (Wildman–Crippen MR) is 138 cm³/mol. The van der Waals surface area contributed by atoms with Crippen LogP contribution in [-0.2, 0) is 31.8 Å². The zero-order valence-corrected chi connectivity index (χ0v) is 21.8. The molecule has 0 atom stereocenters. The van der Waals surface area contributed by atoms with E-state index in [-0.39, 0.29) is 36.4 Å². The fourth-order valence-corrected chi connectivity index (χ4v) is 4.42. The van der Waals surface area contributed by atoms with Crippen LogP contribution < -0.4 is 16.6 Å². The van der Waals surface area contributed by atoms with E-state index in [0.29, 0.717) is 21.7 Å². The zero-order chi connectivity index (χ0) is 27.2. The number of carbonyl (C=O) groups excluding carboxylic acids is 1. The van der Waals surface area contributed by atoms with Gasteiger partial charge in [0.2, 0.25) is 0 Å². The van der Waals surface area contributed by atoms with Crippen molar-refractivity contribution in [2.75, 3.05) is 6.54 Å². The third-order valence-corrected chi connectivity index (χ3v) is 6.18. The number of nitrogens with zero attached hydrogens (tertiary/aromatic N) is 5. The Morgan fingerprint density at radius 2 is 1.86 bits per heavy atom. The topological polar surface area (TPSA) is 142 Å². The van der Waals surface area contributed by atoms with Crippen molar-refractivity contribution < 1.29 is 19.4 Å². The van der Waals surface area contributed by atoms with Gasteiger partial charge in [-0.15, -0.1) is 0 Å². The van der Waals surface area contributed by atoms with E-state index in [9.17, 15) is 24.3 Å². The molecule has 0 bridgehead atoms. The molecule has 0 saturated carbocycles. The van der Waals surface area contributed by atoms with Crippen LogP contribution in [0.1, 0.15) is 32.3 Å². The number of hydrogen-bond acceptors (Lipinski definition) is 6. The number of alkyl carbamates (subject to hydrolysis) is 1. The molecule has 0 fully saturated rings. The second kappa shape index (κ2) is 9.43. The maximum absolute atomic E-state index is 13.5. The second-order valence-electron chi connectivity index (χ2n) is 9.60. The number of rotatable bonds is 5. The minimum absolute atomic E-state index is 0.172. The molecule has 0 aliphatic carbocycles. The average Bonchev–Trinajstić information content (AvgIpc) is 3.33. The molecule has 4 rings (SSSR count). The first-order chi connectivity index (χ1) is 17.3. The first-order valence-electron chi connectivity index (χ1n) is 11.4. The Labute approximate surface area is 215 Å². The fraction of sp³-hybridized carbons (Fsp3) is 0.375. The van der Waals surface area contributed by atoms with Crippen molar-refractivity contribution in [1.82, 2.24) is 28.6 Å². The molecule has 0 spiro atoms. The van der Waals surface area contributed by atoms with E-state index >= 15 is 0 Å². The molecule has 1 amide bonds. The van der Waals surface area contributed by atoms with Crippen LogP contribution in [0.25, 0.3) is 22.1 Å². The Kier molecular flexibility index (Phi) is 6.63. The molecule has 0 aliphatic heterocycles. The average molecular weight is 531 g/mol. The van der Waals surface area contributed by atoms with Crippen LogP contribution in [0.2, 0.25) is 5.02 Å². The number of aryl methyl sites for hydroxylation is 2. The van der Waals surface area contributed by atoms with E-state index in [0.717, 1.165) is 9.13 Å². The first kappa shape index (κ1) is 26.0. The van der Waals surface area contributed by atoms with Gasteiger partial charge in [-0.05, 0) is 39.0 Å². The first-order valence-corrected chi connectivity index (χ1v) is 11.8. The number of nitrogens with one attached hydrogen (secondary N) is 1. The summed E-state index contributed by atoms with van der Waals surface area (Å²) in [5.74, 6) is 0.474. The molecular formula is C24H27ClN6O6. The number of aromatic nitrogens is 5. The minimum Gasteiger partial charge on any atom is -0.464 e. The molecule has 0 radical (unpaired) electrons. The van der Waals surface area contributed by atoms with Gasteiger partial charge in [-0.1, -0.05) is 17.7 Å². The van der Waals surface area contributed by atoms with Gasteiger partial charge < -0.3 is 19.7 Å². The highest BCUT2D eigenvalue weighted by Gasteiger charge is 2.22. The summed E-state index contributed by atoms with van der Waals surface area (Å²) in [6.45, 7) is 5.18. The van der Waals surface area contributed by atoms with Crippen LogP contribution in [0.5, 0.6) is 0 Å². The van der Waals surface area contributed by atoms with Crippen LogP contribution in [-0.4, -0.2) is 52.7 Å². The van der Waals surface area contributed by atoms with Crippen LogP contribution in [0.15, 0.2) is 33.9 Å². The molecule has 4 aromatic rings. The highest BCUT2D eigenvalue weighted by atomic mass is 35.5. The van der Waals surface area contributed by atoms with E-state index < -0.39 is 29.0 Å². The number of halogens is 1. The van der Waals surface area contributed by atoms with Crippen LogP contribution in [0.3, 0.4) is 0 Å². The van der Waals surface area contributed by atoms with Gasteiger partial charge in [0.05, 0.1) is 17.8 Å². The monoisotopic (exact) mass is 530 g/mol. The van der Waals surface area contributed by atoms with Gasteiger partial charge in [-0.25, -0.2) is 23.9 Å². The number of ether oxygens (including phenoxy) is 1. The quantitative estimate of drug-likeness (QED) is 0.404. The lowest BCUT2D eigenvalue weighted by Crippen LogP contribution is -2.40. The van der Waals surface area contributed by atoms with Gasteiger partial charge in [0, 0.05) is 37.5 Å². The van der Waals surface area contributed by atoms with Crippen molar-refractivity contribution in [2.45, 2.75) is 39.3 Å². The van der Waals surface area contributed by atoms with Crippen molar-refractivity contribution >= 4 is 45.9 Å². The Balaban J connectivity index is 1.72. The minimum atomic E-state index is -1.27. The molecule has 196 valence electrons. The van der Waals surface area contributed by atoms with Crippen LogP contribution >= 0.6 is 11.6 Å². The Morgan fingerprint density at radius 3 is 2.51 bits per heavy atom. The predicted octanol–water partition coefficient (Wildman–Crippen LogP) is 2.68. The van der Waals surface area contributed by atoms with E-state index in [4.69, 9.17) is 16.3 Å². The van der Waals surface area contributed by atoms with Gasteiger partial charge in [0.1, 0.15) is 11.4 Å². The molecule has 12 nitrogen and oxygen atoms in total. The van der Waals surface area contributed by atoms with Crippen LogP contribution in [0, 0.1) is 0 Å². The third kappa shape index (κ3) is 4.84. The Morgan fingerprint density at radius 1 is 1.16 bits per heavy atom. The molecule has 2 N–H and O–H groups in total. The largest absolute Gasteiger partial charge is 0.464 e. The van der Waals surface area contributed by atoms with Crippen molar-refractivity contribution in [1.29, 1.82) is 0 Å². The smallest absolute Gasteiger partial charge is 0.416 e. The maximum Gasteiger partial charge on any atom is 0.416 e. The zero-order valence-electron chi connectivity index (χ0n) is 21.0. The highest BCUT2D eigenvalue weighted by molar-refractivity contribution is 6.35. The maximum atomic E-state index is 13.5. The number of imidazole rings is 1. The van der Waals surface area contributed by atoms with Gasteiger partial charge in [0.25, 0.3) is 5.56 Å². The van der Waals surface area contributed by atoms with E-state index in [2.05, 4.69) is 10.3 Å². The Hall–Kier alpha value is -4.06. The number of hydrogen-bond donors (Lipinski definition) is 2. The van der Waals surface area contributed by atoms with Crippen LogP contribution in [0.4, 0.5) is 9.59 Å². The summed E-state index contributed by atoms with van der Waals surface area (Å²) in [5.41, 5.74) is -0.995. The molecule has 3 aromatic heterocycles. The van der Waals surface area contributed by atoms with Gasteiger partial charge >= 0.3 is 17.9 Å². The molecule has 0 aliphatic rings. The molecular weight excluding hydrogens is 504 g/mol. The summed E-state index contributed by atoms with van der Waals surface area (Å²) < 4.78 is 10.00. The number of carbonyl (C=O) groups is 2. The third-order valence-electron chi connectivity index (χ3n) is 5.85.